The number of hydrogen-bond acceptors (Lipinski definition) is 4. The van der Waals surface area contributed by atoms with E-state index in [0.717, 1.165) is 0 Å². The van der Waals surface area contributed by atoms with Crippen molar-refractivity contribution in [2.45, 2.75) is 50.5 Å². The van der Waals surface area contributed by atoms with Crippen molar-refractivity contribution in [3.8, 4) is 0 Å². The molecule has 1 amide bonds. The number of benzene rings is 1. The predicted octanol–water partition coefficient (Wildman–Crippen LogP) is 1.61. The summed E-state index contributed by atoms with van der Waals surface area (Å²) in [6.45, 7) is 5.82. The van der Waals surface area contributed by atoms with Crippen molar-refractivity contribution in [3.05, 3.63) is 23.8 Å². The fourth-order valence-electron chi connectivity index (χ4n) is 2.25. The van der Waals surface area contributed by atoms with Gasteiger partial charge in [-0.1, -0.05) is 20.8 Å². The topological polar surface area (TPSA) is 115 Å². The van der Waals surface area contributed by atoms with E-state index in [2.05, 4.69) is 4.72 Å². The summed E-state index contributed by atoms with van der Waals surface area (Å²) in [6.07, 6.45) is 2.04. The van der Waals surface area contributed by atoms with Crippen LogP contribution in [-0.4, -0.2) is 19.9 Å². The maximum Gasteiger partial charge on any atom is 0.248 e. The number of rotatable bonds is 7. The number of sulfonamides is 1. The van der Waals surface area contributed by atoms with Crippen LogP contribution >= 0.6 is 0 Å². The van der Waals surface area contributed by atoms with Gasteiger partial charge < -0.3 is 11.5 Å². The molecule has 0 atom stereocenters. The summed E-state index contributed by atoms with van der Waals surface area (Å²) in [5.74, 6) is -0.649. The maximum absolute atomic E-state index is 12.5. The van der Waals surface area contributed by atoms with Gasteiger partial charge in [0.2, 0.25) is 15.9 Å². The van der Waals surface area contributed by atoms with E-state index in [1.165, 1.54) is 18.2 Å². The molecule has 0 saturated carbocycles. The Kier molecular flexibility index (Phi) is 5.36. The lowest BCUT2D eigenvalue weighted by Crippen LogP contribution is -2.47. The van der Waals surface area contributed by atoms with Crippen LogP contribution in [0.4, 0.5) is 5.69 Å². The number of nitrogen functional groups attached to an aromatic ring is 1. The lowest BCUT2D eigenvalue weighted by Gasteiger charge is -2.31. The van der Waals surface area contributed by atoms with Crippen LogP contribution in [0.15, 0.2) is 23.1 Å². The molecule has 7 heteroatoms. The van der Waals surface area contributed by atoms with Gasteiger partial charge in [0.05, 0.1) is 5.69 Å². The Labute approximate surface area is 126 Å². The highest BCUT2D eigenvalue weighted by molar-refractivity contribution is 7.89. The lowest BCUT2D eigenvalue weighted by molar-refractivity contribution is 0.1000. The number of nitrogens with one attached hydrogen (secondary N) is 1. The average molecular weight is 313 g/mol. The van der Waals surface area contributed by atoms with Gasteiger partial charge in [0.15, 0.2) is 0 Å². The van der Waals surface area contributed by atoms with Crippen molar-refractivity contribution in [3.63, 3.8) is 0 Å². The third-order valence-corrected chi connectivity index (χ3v) is 5.62. The zero-order chi connectivity index (χ0) is 16.3. The Morgan fingerprint density at radius 3 is 2.10 bits per heavy atom. The molecule has 0 radical (unpaired) electrons. The van der Waals surface area contributed by atoms with Gasteiger partial charge >= 0.3 is 0 Å². The van der Waals surface area contributed by atoms with E-state index in [0.29, 0.717) is 19.3 Å². The minimum Gasteiger partial charge on any atom is -0.398 e. The summed E-state index contributed by atoms with van der Waals surface area (Å²) in [6, 6.07) is 3.95. The quantitative estimate of drug-likeness (QED) is 0.663. The normalized spacial score (nSPS) is 12.3. The van der Waals surface area contributed by atoms with Crippen molar-refractivity contribution in [1.82, 2.24) is 4.72 Å². The molecule has 0 unspecified atom stereocenters. The molecule has 0 spiro atoms. The molecule has 118 valence electrons. The van der Waals surface area contributed by atoms with Gasteiger partial charge in [0, 0.05) is 11.1 Å². The highest BCUT2D eigenvalue weighted by atomic mass is 32.2. The fraction of sp³-hybridized carbons (Fsp3) is 0.500. The third kappa shape index (κ3) is 3.74. The van der Waals surface area contributed by atoms with E-state index >= 15 is 0 Å². The lowest BCUT2D eigenvalue weighted by atomic mass is 9.91. The van der Waals surface area contributed by atoms with Gasteiger partial charge in [-0.3, -0.25) is 4.79 Å². The highest BCUT2D eigenvalue weighted by Gasteiger charge is 2.31. The molecule has 21 heavy (non-hydrogen) atoms. The Hall–Kier alpha value is -1.60. The molecule has 0 bridgehead atoms. The van der Waals surface area contributed by atoms with E-state index in [1.54, 1.807) is 0 Å². The minimum atomic E-state index is -3.75. The standard InChI is InChI=1S/C14H23N3O3S/c1-4-14(5-2,6-3)17-21(19,20)12-8-7-10(13(16)18)9-11(12)15/h7-9,17H,4-6,15H2,1-3H3,(H2,16,18). The van der Waals surface area contributed by atoms with E-state index in [9.17, 15) is 13.2 Å². The molecular weight excluding hydrogens is 290 g/mol. The minimum absolute atomic E-state index is 0.0102. The van der Waals surface area contributed by atoms with Crippen LogP contribution in [-0.2, 0) is 10.0 Å². The first kappa shape index (κ1) is 17.5. The maximum atomic E-state index is 12.5. The second kappa shape index (κ2) is 6.44. The largest absolute Gasteiger partial charge is 0.398 e. The molecule has 0 saturated heterocycles. The van der Waals surface area contributed by atoms with Gasteiger partial charge in [-0.2, -0.15) is 0 Å². The Morgan fingerprint density at radius 1 is 1.19 bits per heavy atom. The predicted molar refractivity (Wildman–Crippen MR) is 83.3 cm³/mol. The van der Waals surface area contributed by atoms with Crippen LogP contribution in [0, 0.1) is 0 Å². The number of nitrogens with two attached hydrogens (primary N) is 2. The van der Waals surface area contributed by atoms with Gasteiger partial charge in [0.25, 0.3) is 0 Å². The van der Waals surface area contributed by atoms with Gasteiger partial charge in [-0.05, 0) is 37.5 Å². The zero-order valence-corrected chi connectivity index (χ0v) is 13.5. The molecular formula is C14H23N3O3S. The molecule has 6 nitrogen and oxygen atoms in total. The second-order valence-electron chi connectivity index (χ2n) is 5.06. The number of primary amides is 1. The summed E-state index contributed by atoms with van der Waals surface area (Å²) in [5, 5.41) is 0. The summed E-state index contributed by atoms with van der Waals surface area (Å²) in [5.41, 5.74) is 10.6. The van der Waals surface area contributed by atoms with Crippen LogP contribution in [0.2, 0.25) is 0 Å². The molecule has 0 aliphatic carbocycles. The SMILES string of the molecule is CCC(CC)(CC)NS(=O)(=O)c1ccc(C(N)=O)cc1N. The number of anilines is 1. The van der Waals surface area contributed by atoms with Crippen molar-refractivity contribution in [2.75, 3.05) is 5.73 Å². The summed E-state index contributed by atoms with van der Waals surface area (Å²) in [4.78, 5) is 11.0. The molecule has 0 aliphatic rings. The van der Waals surface area contributed by atoms with Crippen LogP contribution in [0.25, 0.3) is 0 Å². The molecule has 0 aliphatic heterocycles. The first-order valence-electron chi connectivity index (χ1n) is 6.94. The van der Waals surface area contributed by atoms with Gasteiger partial charge in [-0.15, -0.1) is 0 Å². The number of amides is 1. The molecule has 0 heterocycles. The first-order valence-corrected chi connectivity index (χ1v) is 8.43. The Balaban J connectivity index is 3.23. The van der Waals surface area contributed by atoms with E-state index in [4.69, 9.17) is 11.5 Å². The van der Waals surface area contributed by atoms with Crippen molar-refractivity contribution < 1.29 is 13.2 Å². The first-order chi connectivity index (χ1) is 9.71. The Bertz CT molecular complexity index is 614. The smallest absolute Gasteiger partial charge is 0.248 e. The molecule has 1 aromatic carbocycles. The van der Waals surface area contributed by atoms with Gasteiger partial charge in [0.1, 0.15) is 4.90 Å². The van der Waals surface area contributed by atoms with Crippen molar-refractivity contribution >= 4 is 21.6 Å². The molecule has 5 N–H and O–H groups in total. The molecule has 0 fully saturated rings. The van der Waals surface area contributed by atoms with Crippen LogP contribution in [0.3, 0.4) is 0 Å². The fourth-order valence-corrected chi connectivity index (χ4v) is 3.98. The summed E-state index contributed by atoms with van der Waals surface area (Å²) >= 11 is 0. The van der Waals surface area contributed by atoms with E-state index in [-0.39, 0.29) is 16.1 Å². The van der Waals surface area contributed by atoms with E-state index in [1.807, 2.05) is 20.8 Å². The van der Waals surface area contributed by atoms with Crippen LogP contribution in [0.5, 0.6) is 0 Å². The Morgan fingerprint density at radius 2 is 1.71 bits per heavy atom. The van der Waals surface area contributed by atoms with Crippen LogP contribution < -0.4 is 16.2 Å². The van der Waals surface area contributed by atoms with E-state index < -0.39 is 21.5 Å². The average Bonchev–Trinajstić information content (AvgIpc) is 2.44. The van der Waals surface area contributed by atoms with Crippen molar-refractivity contribution in [1.29, 1.82) is 0 Å². The summed E-state index contributed by atoms with van der Waals surface area (Å²) < 4.78 is 27.8. The number of carbonyl (C=O) groups is 1. The molecule has 1 aromatic rings. The summed E-state index contributed by atoms with van der Waals surface area (Å²) in [7, 11) is -3.75. The monoisotopic (exact) mass is 313 g/mol. The highest BCUT2D eigenvalue weighted by Crippen LogP contribution is 2.26. The zero-order valence-electron chi connectivity index (χ0n) is 12.6. The number of carbonyl (C=O) groups excluding carboxylic acids is 1. The molecule has 0 aromatic heterocycles. The number of hydrogen-bond donors (Lipinski definition) is 3. The third-order valence-electron chi connectivity index (χ3n) is 3.97. The van der Waals surface area contributed by atoms with Gasteiger partial charge in [-0.25, -0.2) is 13.1 Å². The molecule has 1 rings (SSSR count). The van der Waals surface area contributed by atoms with Crippen molar-refractivity contribution in [2.24, 2.45) is 5.73 Å². The van der Waals surface area contributed by atoms with Crippen LogP contribution in [0.1, 0.15) is 50.4 Å². The second-order valence-corrected chi connectivity index (χ2v) is 6.71.